The Bertz CT molecular complexity index is 579. The lowest BCUT2D eigenvalue weighted by atomic mass is 10.0. The number of aryl methyl sites for hydroxylation is 1. The van der Waals surface area contributed by atoms with E-state index in [9.17, 15) is 0 Å². The molecule has 18 heavy (non-hydrogen) atoms. The molecule has 0 fully saturated rings. The van der Waals surface area contributed by atoms with Crippen molar-refractivity contribution < 1.29 is 0 Å². The van der Waals surface area contributed by atoms with Crippen molar-refractivity contribution in [1.82, 2.24) is 19.5 Å². The van der Waals surface area contributed by atoms with Gasteiger partial charge in [-0.2, -0.15) is 0 Å². The number of rotatable bonds is 2. The number of nitrogens with two attached hydrogens (primary N) is 1. The molecule has 94 valence electrons. The summed E-state index contributed by atoms with van der Waals surface area (Å²) in [5.74, 6) is 6.76. The van der Waals surface area contributed by atoms with Crippen molar-refractivity contribution in [2.75, 3.05) is 5.43 Å². The molecule has 0 unspecified atom stereocenters. The van der Waals surface area contributed by atoms with Gasteiger partial charge in [0.1, 0.15) is 17.1 Å². The summed E-state index contributed by atoms with van der Waals surface area (Å²) >= 11 is 3.47. The van der Waals surface area contributed by atoms with E-state index in [2.05, 4.69) is 36.3 Å². The molecule has 0 saturated heterocycles. The van der Waals surface area contributed by atoms with Gasteiger partial charge in [0.25, 0.3) is 0 Å². The molecule has 0 amide bonds. The minimum atomic E-state index is 0.568. The first kappa shape index (κ1) is 11.6. The molecule has 6 nitrogen and oxygen atoms in total. The first-order valence-electron chi connectivity index (χ1n) is 5.84. The van der Waals surface area contributed by atoms with Crippen LogP contribution in [0.2, 0.25) is 0 Å². The molecule has 3 rings (SSSR count). The summed E-state index contributed by atoms with van der Waals surface area (Å²) in [7, 11) is 0. The van der Waals surface area contributed by atoms with Crippen LogP contribution in [0, 0.1) is 0 Å². The van der Waals surface area contributed by atoms with Crippen LogP contribution in [0.4, 0.5) is 5.82 Å². The number of aromatic nitrogens is 4. The van der Waals surface area contributed by atoms with Gasteiger partial charge in [-0.25, -0.2) is 20.8 Å². The quantitative estimate of drug-likeness (QED) is 0.650. The zero-order chi connectivity index (χ0) is 12.5. The molecule has 2 aromatic heterocycles. The van der Waals surface area contributed by atoms with E-state index in [1.165, 1.54) is 30.6 Å². The Labute approximate surface area is 113 Å². The average molecular weight is 309 g/mol. The topological polar surface area (TPSA) is 81.6 Å². The van der Waals surface area contributed by atoms with E-state index in [0.717, 1.165) is 23.1 Å². The minimum Gasteiger partial charge on any atom is -0.307 e. The highest BCUT2D eigenvalue weighted by molar-refractivity contribution is 9.10. The fourth-order valence-corrected chi connectivity index (χ4v) is 2.79. The van der Waals surface area contributed by atoms with Crippen molar-refractivity contribution in [3.63, 3.8) is 0 Å². The second-order valence-corrected chi connectivity index (χ2v) is 5.01. The molecule has 2 heterocycles. The largest absolute Gasteiger partial charge is 0.307 e. The van der Waals surface area contributed by atoms with Gasteiger partial charge in [-0.05, 0) is 41.6 Å². The first-order valence-corrected chi connectivity index (χ1v) is 6.63. The highest BCUT2D eigenvalue weighted by Gasteiger charge is 2.19. The number of hydrazine groups is 1. The number of imidazole rings is 1. The molecule has 0 aliphatic heterocycles. The minimum absolute atomic E-state index is 0.568. The Kier molecular flexibility index (Phi) is 3.00. The second kappa shape index (κ2) is 4.66. The molecular weight excluding hydrogens is 296 g/mol. The number of nitrogens with zero attached hydrogens (tertiary/aromatic N) is 4. The van der Waals surface area contributed by atoms with Crippen molar-refractivity contribution in [1.29, 1.82) is 0 Å². The number of nitrogen functional groups attached to an aromatic ring is 1. The summed E-state index contributed by atoms with van der Waals surface area (Å²) in [6, 6.07) is 0. The fraction of sp³-hybridized carbons (Fsp3) is 0.364. The second-order valence-electron chi connectivity index (χ2n) is 4.22. The summed E-state index contributed by atoms with van der Waals surface area (Å²) in [5.41, 5.74) is 4.96. The number of halogens is 1. The highest BCUT2D eigenvalue weighted by Crippen LogP contribution is 2.28. The van der Waals surface area contributed by atoms with E-state index < -0.39 is 0 Å². The lowest BCUT2D eigenvalue weighted by Crippen LogP contribution is -2.13. The van der Waals surface area contributed by atoms with Gasteiger partial charge < -0.3 is 5.43 Å². The van der Waals surface area contributed by atoms with Crippen LogP contribution in [-0.2, 0) is 12.8 Å². The monoisotopic (exact) mass is 308 g/mol. The summed E-state index contributed by atoms with van der Waals surface area (Å²) in [6.45, 7) is 0. The lowest BCUT2D eigenvalue weighted by Gasteiger charge is -2.14. The van der Waals surface area contributed by atoms with Crippen molar-refractivity contribution >= 4 is 21.7 Å². The first-order chi connectivity index (χ1) is 8.81. The number of nitrogens with one attached hydrogen (secondary N) is 1. The normalized spacial score (nSPS) is 14.3. The Balaban J connectivity index is 2.13. The van der Waals surface area contributed by atoms with E-state index in [0.29, 0.717) is 5.82 Å². The Morgan fingerprint density at radius 2 is 2.06 bits per heavy atom. The molecule has 1 aliphatic rings. The van der Waals surface area contributed by atoms with E-state index in [-0.39, 0.29) is 0 Å². The third-order valence-electron chi connectivity index (χ3n) is 3.17. The molecule has 0 saturated carbocycles. The maximum Gasteiger partial charge on any atom is 0.159 e. The zero-order valence-corrected chi connectivity index (χ0v) is 11.3. The summed E-state index contributed by atoms with van der Waals surface area (Å²) in [5, 5.41) is 0. The van der Waals surface area contributed by atoms with Crippen LogP contribution in [0.5, 0.6) is 0 Å². The van der Waals surface area contributed by atoms with E-state index in [4.69, 9.17) is 5.84 Å². The van der Waals surface area contributed by atoms with Gasteiger partial charge in [-0.15, -0.1) is 0 Å². The summed E-state index contributed by atoms with van der Waals surface area (Å²) in [6.07, 6.45) is 7.81. The maximum absolute atomic E-state index is 5.42. The van der Waals surface area contributed by atoms with E-state index in [1.807, 2.05) is 10.9 Å². The molecule has 1 aliphatic carbocycles. The Hall–Kier alpha value is -1.47. The predicted molar refractivity (Wildman–Crippen MR) is 71.3 cm³/mol. The van der Waals surface area contributed by atoms with Crippen molar-refractivity contribution in [3.8, 4) is 5.82 Å². The fourth-order valence-electron chi connectivity index (χ4n) is 2.28. The van der Waals surface area contributed by atoms with Crippen LogP contribution in [0.15, 0.2) is 17.1 Å². The van der Waals surface area contributed by atoms with Gasteiger partial charge in [0.05, 0.1) is 5.69 Å². The van der Waals surface area contributed by atoms with Crippen LogP contribution in [0.25, 0.3) is 5.82 Å². The Morgan fingerprint density at radius 1 is 1.22 bits per heavy atom. The third kappa shape index (κ3) is 1.79. The molecule has 0 bridgehead atoms. The maximum atomic E-state index is 5.42. The smallest absolute Gasteiger partial charge is 0.159 e. The zero-order valence-electron chi connectivity index (χ0n) is 9.73. The van der Waals surface area contributed by atoms with Gasteiger partial charge in [0, 0.05) is 5.69 Å². The van der Waals surface area contributed by atoms with Crippen molar-refractivity contribution in [2.24, 2.45) is 5.84 Å². The summed E-state index contributed by atoms with van der Waals surface area (Å²) in [4.78, 5) is 12.8. The SMILES string of the molecule is NNc1ncnc(-n2cnc3c2CCCC3)c1Br. The third-order valence-corrected chi connectivity index (χ3v) is 3.90. The number of hydrogen-bond acceptors (Lipinski definition) is 5. The molecule has 0 atom stereocenters. The molecular formula is C11H13BrN6. The molecule has 0 radical (unpaired) electrons. The summed E-state index contributed by atoms with van der Waals surface area (Å²) < 4.78 is 2.76. The average Bonchev–Trinajstić information content (AvgIpc) is 2.83. The van der Waals surface area contributed by atoms with Gasteiger partial charge in [0.2, 0.25) is 0 Å². The van der Waals surface area contributed by atoms with E-state index >= 15 is 0 Å². The standard InChI is InChI=1S/C11H13BrN6/c12-9-10(17-13)14-5-15-11(9)18-6-16-7-3-1-2-4-8(7)18/h5-6H,1-4,13H2,(H,14,15,17). The molecule has 3 N–H and O–H groups in total. The number of hydrogen-bond donors (Lipinski definition) is 2. The van der Waals surface area contributed by atoms with Gasteiger partial charge in [0.15, 0.2) is 11.6 Å². The highest BCUT2D eigenvalue weighted by atomic mass is 79.9. The number of fused-ring (bicyclic) bond motifs is 1. The van der Waals surface area contributed by atoms with Crippen molar-refractivity contribution in [3.05, 3.63) is 28.5 Å². The molecule has 0 spiro atoms. The lowest BCUT2D eigenvalue weighted by molar-refractivity contribution is 0.653. The Morgan fingerprint density at radius 3 is 2.89 bits per heavy atom. The van der Waals surface area contributed by atoms with Crippen LogP contribution in [-0.4, -0.2) is 19.5 Å². The number of anilines is 1. The predicted octanol–water partition coefficient (Wildman–Crippen LogP) is 1.59. The molecule has 0 aromatic carbocycles. The van der Waals surface area contributed by atoms with E-state index in [1.54, 1.807) is 0 Å². The van der Waals surface area contributed by atoms with Crippen LogP contribution in [0.3, 0.4) is 0 Å². The van der Waals surface area contributed by atoms with Gasteiger partial charge >= 0.3 is 0 Å². The van der Waals surface area contributed by atoms with Crippen molar-refractivity contribution in [2.45, 2.75) is 25.7 Å². The molecule has 7 heteroatoms. The van der Waals surface area contributed by atoms with Crippen LogP contribution < -0.4 is 11.3 Å². The van der Waals surface area contributed by atoms with Gasteiger partial charge in [-0.3, -0.25) is 4.57 Å². The van der Waals surface area contributed by atoms with Gasteiger partial charge in [-0.1, -0.05) is 0 Å². The van der Waals surface area contributed by atoms with Crippen LogP contribution in [0.1, 0.15) is 24.2 Å². The molecule has 2 aromatic rings. The van der Waals surface area contributed by atoms with Crippen LogP contribution >= 0.6 is 15.9 Å².